The molecule has 2 saturated carbocycles. The Morgan fingerprint density at radius 3 is 2.47 bits per heavy atom. The van der Waals surface area contributed by atoms with Crippen LogP contribution < -0.4 is 5.73 Å². The number of aromatic nitrogens is 1. The molecule has 0 atom stereocenters. The van der Waals surface area contributed by atoms with E-state index in [0.29, 0.717) is 18.3 Å². The van der Waals surface area contributed by atoms with E-state index < -0.39 is 0 Å². The van der Waals surface area contributed by atoms with Crippen molar-refractivity contribution in [2.24, 2.45) is 17.6 Å². The molecular formula is C13H20ClN3OS. The van der Waals surface area contributed by atoms with Crippen LogP contribution in [-0.2, 0) is 6.54 Å². The molecule has 2 aliphatic rings. The van der Waals surface area contributed by atoms with Crippen LogP contribution in [0.15, 0.2) is 5.38 Å². The second-order valence-electron chi connectivity index (χ2n) is 5.41. The number of amides is 1. The van der Waals surface area contributed by atoms with Gasteiger partial charge in [-0.05, 0) is 37.5 Å². The van der Waals surface area contributed by atoms with Crippen molar-refractivity contribution in [3.8, 4) is 0 Å². The first-order chi connectivity index (χ1) is 8.70. The van der Waals surface area contributed by atoms with Gasteiger partial charge in [0.2, 0.25) is 0 Å². The normalized spacial score (nSPS) is 18.3. The lowest BCUT2D eigenvalue weighted by atomic mass is 10.1. The van der Waals surface area contributed by atoms with Crippen LogP contribution in [0.25, 0.3) is 0 Å². The standard InChI is InChI=1S/C13H19N3OS.ClH/c1-16(12(8-2-3-8)9-4-5-9)13(17)10-7-18-11(6-14)15-10;/h7-9,12H,2-6,14H2,1H3;1H. The summed E-state index contributed by atoms with van der Waals surface area (Å²) in [5, 5.41) is 2.67. The molecule has 0 aromatic carbocycles. The van der Waals surface area contributed by atoms with Gasteiger partial charge in [-0.1, -0.05) is 0 Å². The molecule has 106 valence electrons. The maximum Gasteiger partial charge on any atom is 0.273 e. The Balaban J connectivity index is 0.00000133. The number of thiazole rings is 1. The second kappa shape index (κ2) is 5.77. The number of nitrogens with two attached hydrogens (primary N) is 1. The van der Waals surface area contributed by atoms with Gasteiger partial charge in [-0.3, -0.25) is 4.79 Å². The number of nitrogens with zero attached hydrogens (tertiary/aromatic N) is 2. The molecule has 0 spiro atoms. The largest absolute Gasteiger partial charge is 0.337 e. The van der Waals surface area contributed by atoms with Gasteiger partial charge in [-0.15, -0.1) is 23.7 Å². The highest BCUT2D eigenvalue weighted by Crippen LogP contribution is 2.47. The highest BCUT2D eigenvalue weighted by Gasteiger charge is 2.45. The monoisotopic (exact) mass is 301 g/mol. The van der Waals surface area contributed by atoms with E-state index in [1.54, 1.807) is 0 Å². The Labute approximate surface area is 123 Å². The number of carbonyl (C=O) groups is 1. The molecule has 2 aliphatic carbocycles. The van der Waals surface area contributed by atoms with E-state index in [1.165, 1.54) is 37.0 Å². The summed E-state index contributed by atoms with van der Waals surface area (Å²) in [6.45, 7) is 0.413. The molecule has 0 radical (unpaired) electrons. The molecular weight excluding hydrogens is 282 g/mol. The van der Waals surface area contributed by atoms with Crippen LogP contribution in [0.2, 0.25) is 0 Å². The second-order valence-corrected chi connectivity index (χ2v) is 6.35. The van der Waals surface area contributed by atoms with Gasteiger partial charge in [0.15, 0.2) is 0 Å². The van der Waals surface area contributed by atoms with Crippen LogP contribution in [0.3, 0.4) is 0 Å². The molecule has 1 aromatic heterocycles. The molecule has 1 heterocycles. The lowest BCUT2D eigenvalue weighted by molar-refractivity contribution is 0.0684. The summed E-state index contributed by atoms with van der Waals surface area (Å²) >= 11 is 1.47. The fourth-order valence-corrected chi connectivity index (χ4v) is 3.36. The minimum atomic E-state index is 0. The van der Waals surface area contributed by atoms with Crippen molar-refractivity contribution >= 4 is 29.7 Å². The van der Waals surface area contributed by atoms with Gasteiger partial charge in [-0.25, -0.2) is 4.98 Å². The van der Waals surface area contributed by atoms with Crippen molar-refractivity contribution in [2.75, 3.05) is 7.05 Å². The minimum absolute atomic E-state index is 0. The fraction of sp³-hybridized carbons (Fsp3) is 0.692. The summed E-state index contributed by atoms with van der Waals surface area (Å²) in [6.07, 6.45) is 5.13. The van der Waals surface area contributed by atoms with Gasteiger partial charge in [-0.2, -0.15) is 0 Å². The van der Waals surface area contributed by atoms with Crippen LogP contribution >= 0.6 is 23.7 Å². The van der Waals surface area contributed by atoms with Gasteiger partial charge in [0, 0.05) is 25.0 Å². The molecule has 0 aliphatic heterocycles. The molecule has 2 fully saturated rings. The minimum Gasteiger partial charge on any atom is -0.337 e. The van der Waals surface area contributed by atoms with Gasteiger partial charge >= 0.3 is 0 Å². The highest BCUT2D eigenvalue weighted by molar-refractivity contribution is 7.09. The van der Waals surface area contributed by atoms with Crippen molar-refractivity contribution in [3.05, 3.63) is 16.1 Å². The lowest BCUT2D eigenvalue weighted by Gasteiger charge is -2.27. The summed E-state index contributed by atoms with van der Waals surface area (Å²) in [5.74, 6) is 1.54. The van der Waals surface area contributed by atoms with Crippen LogP contribution in [0.1, 0.15) is 41.2 Å². The average molecular weight is 302 g/mol. The van der Waals surface area contributed by atoms with E-state index >= 15 is 0 Å². The predicted molar refractivity (Wildman–Crippen MR) is 78.6 cm³/mol. The average Bonchev–Trinajstić information content (AvgIpc) is 3.30. The van der Waals surface area contributed by atoms with Gasteiger partial charge in [0.1, 0.15) is 10.7 Å². The highest BCUT2D eigenvalue weighted by atomic mass is 35.5. The molecule has 2 N–H and O–H groups in total. The van der Waals surface area contributed by atoms with E-state index in [-0.39, 0.29) is 18.3 Å². The Morgan fingerprint density at radius 1 is 1.47 bits per heavy atom. The van der Waals surface area contributed by atoms with Crippen molar-refractivity contribution < 1.29 is 4.79 Å². The zero-order chi connectivity index (χ0) is 12.7. The molecule has 0 bridgehead atoms. The van der Waals surface area contributed by atoms with E-state index in [0.717, 1.165) is 16.8 Å². The van der Waals surface area contributed by atoms with Crippen molar-refractivity contribution in [3.63, 3.8) is 0 Å². The first-order valence-corrected chi connectivity index (χ1v) is 7.50. The maximum atomic E-state index is 12.4. The number of rotatable bonds is 5. The summed E-state index contributed by atoms with van der Waals surface area (Å²) in [4.78, 5) is 18.6. The zero-order valence-corrected chi connectivity index (χ0v) is 12.7. The maximum absolute atomic E-state index is 12.4. The van der Waals surface area contributed by atoms with Crippen LogP contribution in [0.5, 0.6) is 0 Å². The van der Waals surface area contributed by atoms with Crippen LogP contribution in [0, 0.1) is 11.8 Å². The quantitative estimate of drug-likeness (QED) is 0.908. The van der Waals surface area contributed by atoms with Crippen molar-refractivity contribution in [1.29, 1.82) is 0 Å². The smallest absolute Gasteiger partial charge is 0.273 e. The topological polar surface area (TPSA) is 59.2 Å². The third-order valence-corrected chi connectivity index (χ3v) is 4.79. The van der Waals surface area contributed by atoms with Gasteiger partial charge < -0.3 is 10.6 Å². The third kappa shape index (κ3) is 3.09. The summed E-state index contributed by atoms with van der Waals surface area (Å²) in [5.41, 5.74) is 6.10. The summed E-state index contributed by atoms with van der Waals surface area (Å²) < 4.78 is 0. The molecule has 4 nitrogen and oxygen atoms in total. The number of hydrogen-bond acceptors (Lipinski definition) is 4. The summed E-state index contributed by atoms with van der Waals surface area (Å²) in [6, 6.07) is 0.445. The summed E-state index contributed by atoms with van der Waals surface area (Å²) in [7, 11) is 1.94. The molecule has 0 saturated heterocycles. The molecule has 19 heavy (non-hydrogen) atoms. The number of halogens is 1. The van der Waals surface area contributed by atoms with E-state index in [4.69, 9.17) is 5.73 Å². The van der Waals surface area contributed by atoms with Crippen LogP contribution in [0.4, 0.5) is 0 Å². The molecule has 6 heteroatoms. The van der Waals surface area contributed by atoms with E-state index in [9.17, 15) is 4.79 Å². The van der Waals surface area contributed by atoms with Gasteiger partial charge in [0.05, 0.1) is 0 Å². The molecule has 1 aromatic rings. The molecule has 1 amide bonds. The van der Waals surface area contributed by atoms with Crippen LogP contribution in [-0.4, -0.2) is 28.9 Å². The first kappa shape index (κ1) is 14.8. The van der Waals surface area contributed by atoms with Gasteiger partial charge in [0.25, 0.3) is 5.91 Å². The fourth-order valence-electron chi connectivity index (χ4n) is 2.71. The zero-order valence-electron chi connectivity index (χ0n) is 11.0. The lowest BCUT2D eigenvalue weighted by Crippen LogP contribution is -2.40. The first-order valence-electron chi connectivity index (χ1n) is 6.62. The third-order valence-electron chi connectivity index (χ3n) is 3.92. The van der Waals surface area contributed by atoms with E-state index in [1.807, 2.05) is 17.3 Å². The Hall–Kier alpha value is -0.650. The predicted octanol–water partition coefficient (Wildman–Crippen LogP) is 2.28. The number of hydrogen-bond donors (Lipinski definition) is 1. The SMILES string of the molecule is CN(C(=O)c1csc(CN)n1)C(C1CC1)C1CC1.Cl. The molecule has 0 unspecified atom stereocenters. The Bertz CT molecular complexity index is 444. The Morgan fingerprint density at radius 2 is 2.05 bits per heavy atom. The molecule has 3 rings (SSSR count). The van der Waals surface area contributed by atoms with E-state index in [2.05, 4.69) is 4.98 Å². The Kier molecular flexibility index (Phi) is 4.48. The number of carbonyl (C=O) groups excluding carboxylic acids is 1. The van der Waals surface area contributed by atoms with Crippen molar-refractivity contribution in [2.45, 2.75) is 38.3 Å². The van der Waals surface area contributed by atoms with Crippen molar-refractivity contribution in [1.82, 2.24) is 9.88 Å².